The quantitative estimate of drug-likeness (QED) is 0.785. The summed E-state index contributed by atoms with van der Waals surface area (Å²) in [6.45, 7) is 0.436. The van der Waals surface area contributed by atoms with Crippen LogP contribution in [0.15, 0.2) is 18.2 Å². The Morgan fingerprint density at radius 1 is 1.44 bits per heavy atom. The number of hydrogen-bond donors (Lipinski definition) is 3. The maximum absolute atomic E-state index is 11.9. The van der Waals surface area contributed by atoms with E-state index in [1.54, 1.807) is 0 Å². The van der Waals surface area contributed by atoms with Gasteiger partial charge >= 0.3 is 0 Å². The van der Waals surface area contributed by atoms with Crippen LogP contribution in [0, 0.1) is 5.92 Å². The van der Waals surface area contributed by atoms with Crippen LogP contribution in [-0.2, 0) is 0 Å². The van der Waals surface area contributed by atoms with Crippen LogP contribution in [0.3, 0.4) is 0 Å². The van der Waals surface area contributed by atoms with Crippen LogP contribution in [0.2, 0.25) is 5.02 Å². The number of amides is 1. The molecule has 1 aromatic carbocycles. The molecule has 2 atom stereocenters. The van der Waals surface area contributed by atoms with Gasteiger partial charge in [0.05, 0.1) is 16.7 Å². The average molecular weight is 270 g/mol. The molecule has 2 unspecified atom stereocenters. The lowest BCUT2D eigenvalue weighted by Crippen LogP contribution is -2.32. The molecule has 1 amide bonds. The summed E-state index contributed by atoms with van der Waals surface area (Å²) in [6, 6.07) is 4.25. The van der Waals surface area contributed by atoms with E-state index in [1.807, 2.05) is 0 Å². The molecule has 0 aliphatic heterocycles. The number of benzene rings is 1. The molecule has 0 radical (unpaired) electrons. The zero-order chi connectivity index (χ0) is 13.1. The number of hydrogen-bond acceptors (Lipinski definition) is 3. The molecule has 3 N–H and O–H groups in total. The molecule has 1 aromatic rings. The van der Waals surface area contributed by atoms with Crippen molar-refractivity contribution in [1.29, 1.82) is 0 Å². The molecule has 4 nitrogen and oxygen atoms in total. The van der Waals surface area contributed by atoms with Gasteiger partial charge < -0.3 is 15.5 Å². The Labute approximate surface area is 111 Å². The molecule has 18 heavy (non-hydrogen) atoms. The van der Waals surface area contributed by atoms with Gasteiger partial charge in [0.1, 0.15) is 5.75 Å². The third kappa shape index (κ3) is 2.94. The van der Waals surface area contributed by atoms with Gasteiger partial charge in [0.2, 0.25) is 0 Å². The van der Waals surface area contributed by atoms with Gasteiger partial charge in [-0.25, -0.2) is 0 Å². The maximum atomic E-state index is 11.9. The van der Waals surface area contributed by atoms with Crippen LogP contribution in [0.1, 0.15) is 29.6 Å². The first-order chi connectivity index (χ1) is 8.58. The molecule has 0 bridgehead atoms. The molecule has 1 aliphatic rings. The number of phenols is 1. The highest BCUT2D eigenvalue weighted by Crippen LogP contribution is 2.25. The zero-order valence-electron chi connectivity index (χ0n) is 9.90. The largest absolute Gasteiger partial charge is 0.508 e. The molecule has 0 saturated heterocycles. The number of aromatic hydroxyl groups is 1. The van der Waals surface area contributed by atoms with Crippen molar-refractivity contribution in [2.75, 3.05) is 6.54 Å². The van der Waals surface area contributed by atoms with E-state index in [-0.39, 0.29) is 29.2 Å². The standard InChI is InChI=1S/C13H16ClNO3/c14-11-5-4-9(16)6-10(11)13(18)15-7-8-2-1-3-12(8)17/h4-6,8,12,16-17H,1-3,7H2,(H,15,18). The monoisotopic (exact) mass is 269 g/mol. The predicted octanol–water partition coefficient (Wildman–Crippen LogP) is 1.94. The second-order valence-corrected chi connectivity index (χ2v) is 5.04. The normalized spacial score (nSPS) is 23.0. The SMILES string of the molecule is O=C(NCC1CCCC1O)c1cc(O)ccc1Cl. The van der Waals surface area contributed by atoms with Crippen LogP contribution in [0.5, 0.6) is 5.75 Å². The Bertz CT molecular complexity index is 450. The van der Waals surface area contributed by atoms with E-state index < -0.39 is 0 Å². The summed E-state index contributed by atoms with van der Waals surface area (Å²) in [4.78, 5) is 11.9. The number of aliphatic hydroxyl groups excluding tert-OH is 1. The lowest BCUT2D eigenvalue weighted by Gasteiger charge is -2.15. The van der Waals surface area contributed by atoms with Gasteiger partial charge in [-0.05, 0) is 31.0 Å². The van der Waals surface area contributed by atoms with E-state index >= 15 is 0 Å². The first kappa shape index (κ1) is 13.2. The highest BCUT2D eigenvalue weighted by Gasteiger charge is 2.25. The number of carbonyl (C=O) groups excluding carboxylic acids is 1. The molecule has 2 rings (SSSR count). The summed E-state index contributed by atoms with van der Waals surface area (Å²) in [5.74, 6) is -0.203. The molecule has 0 heterocycles. The van der Waals surface area contributed by atoms with Gasteiger partial charge in [-0.2, -0.15) is 0 Å². The van der Waals surface area contributed by atoms with Gasteiger partial charge in [0, 0.05) is 12.5 Å². The van der Waals surface area contributed by atoms with Crippen molar-refractivity contribution in [3.63, 3.8) is 0 Å². The van der Waals surface area contributed by atoms with Crippen LogP contribution in [0.25, 0.3) is 0 Å². The van der Waals surface area contributed by atoms with Crippen molar-refractivity contribution in [1.82, 2.24) is 5.32 Å². The molecule has 1 fully saturated rings. The van der Waals surface area contributed by atoms with Crippen LogP contribution in [-0.4, -0.2) is 28.8 Å². The number of halogens is 1. The predicted molar refractivity (Wildman–Crippen MR) is 68.8 cm³/mol. The highest BCUT2D eigenvalue weighted by molar-refractivity contribution is 6.33. The first-order valence-corrected chi connectivity index (χ1v) is 6.40. The second kappa shape index (κ2) is 5.59. The van der Waals surface area contributed by atoms with E-state index in [0.29, 0.717) is 11.6 Å². The number of aliphatic hydroxyl groups is 1. The van der Waals surface area contributed by atoms with Crippen molar-refractivity contribution < 1.29 is 15.0 Å². The van der Waals surface area contributed by atoms with Crippen LogP contribution < -0.4 is 5.32 Å². The third-order valence-electron chi connectivity index (χ3n) is 3.34. The third-order valence-corrected chi connectivity index (χ3v) is 3.67. The molecule has 5 heteroatoms. The minimum absolute atomic E-state index is 0.00505. The van der Waals surface area contributed by atoms with Crippen LogP contribution in [0.4, 0.5) is 0 Å². The first-order valence-electron chi connectivity index (χ1n) is 6.02. The Morgan fingerprint density at radius 2 is 2.22 bits per heavy atom. The van der Waals surface area contributed by atoms with Crippen molar-refractivity contribution in [3.05, 3.63) is 28.8 Å². The number of phenolic OH excluding ortho intramolecular Hbond substituents is 1. The lowest BCUT2D eigenvalue weighted by molar-refractivity contribution is 0.0916. The fourth-order valence-corrected chi connectivity index (χ4v) is 2.47. The molecule has 1 saturated carbocycles. The van der Waals surface area contributed by atoms with Gasteiger partial charge in [0.25, 0.3) is 5.91 Å². The van der Waals surface area contributed by atoms with Crippen molar-refractivity contribution >= 4 is 17.5 Å². The molecule has 0 aromatic heterocycles. The maximum Gasteiger partial charge on any atom is 0.252 e. The molecular weight excluding hydrogens is 254 g/mol. The summed E-state index contributed by atoms with van der Waals surface area (Å²) in [5.41, 5.74) is 0.254. The van der Waals surface area contributed by atoms with E-state index in [9.17, 15) is 15.0 Å². The Morgan fingerprint density at radius 3 is 2.89 bits per heavy atom. The summed E-state index contributed by atoms with van der Waals surface area (Å²) in [6.07, 6.45) is 2.39. The summed E-state index contributed by atoms with van der Waals surface area (Å²) in [7, 11) is 0. The summed E-state index contributed by atoms with van der Waals surface area (Å²) < 4.78 is 0. The molecular formula is C13H16ClNO3. The Balaban J connectivity index is 1.97. The fourth-order valence-electron chi connectivity index (χ4n) is 2.26. The fraction of sp³-hybridized carbons (Fsp3) is 0.462. The summed E-state index contributed by atoms with van der Waals surface area (Å²) in [5, 5.41) is 22.0. The number of rotatable bonds is 3. The Hall–Kier alpha value is -1.26. The minimum Gasteiger partial charge on any atom is -0.508 e. The van der Waals surface area contributed by atoms with E-state index in [4.69, 9.17) is 11.6 Å². The zero-order valence-corrected chi connectivity index (χ0v) is 10.7. The van der Waals surface area contributed by atoms with Crippen molar-refractivity contribution in [2.24, 2.45) is 5.92 Å². The summed E-state index contributed by atoms with van der Waals surface area (Å²) >= 11 is 5.89. The number of nitrogens with one attached hydrogen (secondary N) is 1. The van der Waals surface area contributed by atoms with E-state index in [0.717, 1.165) is 19.3 Å². The van der Waals surface area contributed by atoms with Gasteiger partial charge in [-0.3, -0.25) is 4.79 Å². The van der Waals surface area contributed by atoms with Crippen molar-refractivity contribution in [2.45, 2.75) is 25.4 Å². The smallest absolute Gasteiger partial charge is 0.252 e. The molecule has 98 valence electrons. The van der Waals surface area contributed by atoms with Gasteiger partial charge in [-0.1, -0.05) is 18.0 Å². The molecule has 1 aliphatic carbocycles. The van der Waals surface area contributed by atoms with Gasteiger partial charge in [0.15, 0.2) is 0 Å². The van der Waals surface area contributed by atoms with Gasteiger partial charge in [-0.15, -0.1) is 0 Å². The van der Waals surface area contributed by atoms with Crippen molar-refractivity contribution in [3.8, 4) is 5.75 Å². The van der Waals surface area contributed by atoms with Crippen LogP contribution >= 0.6 is 11.6 Å². The second-order valence-electron chi connectivity index (χ2n) is 4.63. The lowest BCUT2D eigenvalue weighted by atomic mass is 10.1. The topological polar surface area (TPSA) is 69.6 Å². The Kier molecular flexibility index (Phi) is 4.09. The number of carbonyl (C=O) groups is 1. The van der Waals surface area contributed by atoms with E-state index in [2.05, 4.69) is 5.32 Å². The highest BCUT2D eigenvalue weighted by atomic mass is 35.5. The van der Waals surface area contributed by atoms with E-state index in [1.165, 1.54) is 18.2 Å². The minimum atomic E-state index is -0.329. The average Bonchev–Trinajstić information content (AvgIpc) is 2.75. The molecule has 0 spiro atoms.